The van der Waals surface area contributed by atoms with Crippen LogP contribution in [0.1, 0.15) is 25.7 Å². The number of nitrogens with zero attached hydrogens (tertiary/aromatic N) is 1. The molecule has 0 unspecified atom stereocenters. The summed E-state index contributed by atoms with van der Waals surface area (Å²) in [5.74, 6) is 0. The van der Waals surface area contributed by atoms with Gasteiger partial charge in [-0.1, -0.05) is 24.4 Å². The molecule has 1 saturated carbocycles. The molecule has 0 amide bonds. The van der Waals surface area contributed by atoms with Gasteiger partial charge in [0.15, 0.2) is 5.11 Å². The standard InChI is InChI=1S/C12H14ClN3O2S/c13-10-6-5-9(7-11(10)16(17)18)15-12(19)14-8-3-1-2-4-8/h5-8H,1-4H2,(H2,14,15,19). The van der Waals surface area contributed by atoms with E-state index in [1.165, 1.54) is 25.0 Å². The molecule has 1 fully saturated rings. The predicted octanol–water partition coefficient (Wildman–Crippen LogP) is 3.48. The molecule has 0 heterocycles. The third-order valence-electron chi connectivity index (χ3n) is 3.09. The lowest BCUT2D eigenvalue weighted by atomic mass is 10.2. The number of hydrogen-bond acceptors (Lipinski definition) is 3. The largest absolute Gasteiger partial charge is 0.360 e. The number of nitro benzene ring substituents is 1. The Morgan fingerprint density at radius 2 is 2.11 bits per heavy atom. The normalized spacial score (nSPS) is 15.2. The van der Waals surface area contributed by atoms with Gasteiger partial charge in [-0.05, 0) is 37.2 Å². The first kappa shape index (κ1) is 14.0. The van der Waals surface area contributed by atoms with Crippen LogP contribution in [0.5, 0.6) is 0 Å². The summed E-state index contributed by atoms with van der Waals surface area (Å²) in [6, 6.07) is 4.94. The zero-order valence-electron chi connectivity index (χ0n) is 10.2. The summed E-state index contributed by atoms with van der Waals surface area (Å²) in [6.07, 6.45) is 4.66. The maximum Gasteiger partial charge on any atom is 0.289 e. The van der Waals surface area contributed by atoms with Crippen molar-refractivity contribution < 1.29 is 4.92 Å². The van der Waals surface area contributed by atoms with E-state index >= 15 is 0 Å². The topological polar surface area (TPSA) is 67.2 Å². The maximum absolute atomic E-state index is 10.8. The second-order valence-electron chi connectivity index (χ2n) is 4.50. The third-order valence-corrected chi connectivity index (χ3v) is 3.63. The lowest BCUT2D eigenvalue weighted by molar-refractivity contribution is -0.384. The smallest absolute Gasteiger partial charge is 0.289 e. The Morgan fingerprint density at radius 3 is 2.74 bits per heavy atom. The number of halogens is 1. The van der Waals surface area contributed by atoms with Gasteiger partial charge in [-0.2, -0.15) is 0 Å². The Hall–Kier alpha value is -1.40. The molecule has 0 aromatic heterocycles. The highest BCUT2D eigenvalue weighted by Crippen LogP contribution is 2.27. The van der Waals surface area contributed by atoms with Gasteiger partial charge >= 0.3 is 0 Å². The summed E-state index contributed by atoms with van der Waals surface area (Å²) in [5, 5.41) is 17.5. The fourth-order valence-corrected chi connectivity index (χ4v) is 2.62. The number of rotatable bonds is 3. The summed E-state index contributed by atoms with van der Waals surface area (Å²) in [6.45, 7) is 0. The molecule has 2 N–H and O–H groups in total. The Bertz CT molecular complexity index is 504. The molecule has 1 aliphatic rings. The van der Waals surface area contributed by atoms with Gasteiger partial charge in [-0.15, -0.1) is 0 Å². The first-order valence-corrected chi connectivity index (χ1v) is 6.86. The van der Waals surface area contributed by atoms with Crippen molar-refractivity contribution in [1.29, 1.82) is 0 Å². The molecular weight excluding hydrogens is 286 g/mol. The first-order chi connectivity index (χ1) is 9.06. The number of hydrogen-bond donors (Lipinski definition) is 2. The SMILES string of the molecule is O=[N+]([O-])c1cc(NC(=S)NC2CCCC2)ccc1Cl. The molecule has 1 aromatic rings. The average molecular weight is 300 g/mol. The third kappa shape index (κ3) is 3.78. The minimum Gasteiger partial charge on any atom is -0.360 e. The highest BCUT2D eigenvalue weighted by Gasteiger charge is 2.16. The van der Waals surface area contributed by atoms with Gasteiger partial charge in [0, 0.05) is 17.8 Å². The maximum atomic E-state index is 10.8. The second kappa shape index (κ2) is 6.16. The van der Waals surface area contributed by atoms with Gasteiger partial charge in [-0.3, -0.25) is 10.1 Å². The zero-order chi connectivity index (χ0) is 13.8. The lowest BCUT2D eigenvalue weighted by Gasteiger charge is -2.15. The van der Waals surface area contributed by atoms with Gasteiger partial charge in [0.1, 0.15) is 5.02 Å². The van der Waals surface area contributed by atoms with Crippen LogP contribution in [-0.4, -0.2) is 16.1 Å². The number of nitrogens with one attached hydrogen (secondary N) is 2. The summed E-state index contributed by atoms with van der Waals surface area (Å²) in [5.41, 5.74) is 0.432. The summed E-state index contributed by atoms with van der Waals surface area (Å²) >= 11 is 10.9. The molecule has 19 heavy (non-hydrogen) atoms. The van der Waals surface area contributed by atoms with Crippen molar-refractivity contribution in [3.8, 4) is 0 Å². The monoisotopic (exact) mass is 299 g/mol. The zero-order valence-corrected chi connectivity index (χ0v) is 11.8. The van der Waals surface area contributed by atoms with Crippen LogP contribution in [0.25, 0.3) is 0 Å². The van der Waals surface area contributed by atoms with E-state index in [1.54, 1.807) is 6.07 Å². The predicted molar refractivity (Wildman–Crippen MR) is 79.7 cm³/mol. The number of benzene rings is 1. The van der Waals surface area contributed by atoms with E-state index in [1.807, 2.05) is 0 Å². The van der Waals surface area contributed by atoms with Crippen LogP contribution < -0.4 is 10.6 Å². The van der Waals surface area contributed by atoms with Crippen molar-refractivity contribution in [2.45, 2.75) is 31.7 Å². The highest BCUT2D eigenvalue weighted by atomic mass is 35.5. The van der Waals surface area contributed by atoms with Gasteiger partial charge in [0.2, 0.25) is 0 Å². The molecule has 0 atom stereocenters. The molecule has 0 aliphatic heterocycles. The van der Waals surface area contributed by atoms with Crippen LogP contribution in [0.2, 0.25) is 5.02 Å². The van der Waals surface area contributed by atoms with Gasteiger partial charge in [-0.25, -0.2) is 0 Å². The van der Waals surface area contributed by atoms with E-state index in [9.17, 15) is 10.1 Å². The van der Waals surface area contributed by atoms with E-state index in [0.29, 0.717) is 16.8 Å². The average Bonchev–Trinajstić information content (AvgIpc) is 2.84. The van der Waals surface area contributed by atoms with Crippen molar-refractivity contribution in [1.82, 2.24) is 5.32 Å². The Balaban J connectivity index is 2.00. The molecular formula is C12H14ClN3O2S. The molecule has 2 rings (SSSR count). The van der Waals surface area contributed by atoms with Gasteiger partial charge < -0.3 is 10.6 Å². The highest BCUT2D eigenvalue weighted by molar-refractivity contribution is 7.80. The molecule has 102 valence electrons. The Morgan fingerprint density at radius 1 is 1.42 bits per heavy atom. The fraction of sp³-hybridized carbons (Fsp3) is 0.417. The van der Waals surface area contributed by atoms with E-state index in [4.69, 9.17) is 23.8 Å². The number of thiocarbonyl (C=S) groups is 1. The minimum absolute atomic E-state index is 0.116. The first-order valence-electron chi connectivity index (χ1n) is 6.08. The number of nitro groups is 1. The van der Waals surface area contributed by atoms with Crippen molar-refractivity contribution in [2.24, 2.45) is 0 Å². The van der Waals surface area contributed by atoms with Crippen LogP contribution in [0.4, 0.5) is 11.4 Å². The van der Waals surface area contributed by atoms with Crippen LogP contribution in [-0.2, 0) is 0 Å². The Kier molecular flexibility index (Phi) is 4.55. The van der Waals surface area contributed by atoms with Crippen molar-refractivity contribution in [3.63, 3.8) is 0 Å². The van der Waals surface area contributed by atoms with Gasteiger partial charge in [0.25, 0.3) is 5.69 Å². The van der Waals surface area contributed by atoms with Crippen LogP contribution in [0.3, 0.4) is 0 Å². The minimum atomic E-state index is -0.513. The van der Waals surface area contributed by atoms with Gasteiger partial charge in [0.05, 0.1) is 4.92 Å². The second-order valence-corrected chi connectivity index (χ2v) is 5.32. The molecule has 0 spiro atoms. The van der Waals surface area contributed by atoms with Crippen LogP contribution in [0.15, 0.2) is 18.2 Å². The molecule has 1 aliphatic carbocycles. The van der Waals surface area contributed by atoms with Crippen LogP contribution in [0, 0.1) is 10.1 Å². The summed E-state index contributed by atoms with van der Waals surface area (Å²) in [4.78, 5) is 10.3. The molecule has 7 heteroatoms. The fourth-order valence-electron chi connectivity index (χ4n) is 2.15. The van der Waals surface area contributed by atoms with E-state index in [0.717, 1.165) is 12.8 Å². The molecule has 0 bridgehead atoms. The molecule has 1 aromatic carbocycles. The molecule has 5 nitrogen and oxygen atoms in total. The van der Waals surface area contributed by atoms with Crippen molar-refractivity contribution in [2.75, 3.05) is 5.32 Å². The van der Waals surface area contributed by atoms with E-state index in [-0.39, 0.29) is 10.7 Å². The molecule has 0 radical (unpaired) electrons. The summed E-state index contributed by atoms with van der Waals surface area (Å²) < 4.78 is 0. The van der Waals surface area contributed by atoms with Crippen molar-refractivity contribution >= 4 is 40.3 Å². The Labute approximate surface area is 121 Å². The number of anilines is 1. The van der Waals surface area contributed by atoms with Crippen LogP contribution >= 0.6 is 23.8 Å². The van der Waals surface area contributed by atoms with Crippen molar-refractivity contribution in [3.05, 3.63) is 33.3 Å². The van der Waals surface area contributed by atoms with E-state index < -0.39 is 4.92 Å². The lowest BCUT2D eigenvalue weighted by Crippen LogP contribution is -2.35. The van der Waals surface area contributed by atoms with E-state index in [2.05, 4.69) is 10.6 Å². The molecule has 0 saturated heterocycles. The quantitative estimate of drug-likeness (QED) is 0.508. The summed E-state index contributed by atoms with van der Waals surface area (Å²) in [7, 11) is 0.